The second kappa shape index (κ2) is 14.9. The molecule has 39 heavy (non-hydrogen) atoms. The number of esters is 1. The molecule has 4 aromatic rings. The van der Waals surface area contributed by atoms with E-state index in [1.807, 2.05) is 103 Å². The molecule has 1 amide bonds. The summed E-state index contributed by atoms with van der Waals surface area (Å²) in [7, 11) is 0. The van der Waals surface area contributed by atoms with Crippen LogP contribution < -0.4 is 10.1 Å². The van der Waals surface area contributed by atoms with Gasteiger partial charge in [-0.05, 0) is 79.6 Å². The molecule has 8 heteroatoms. The first kappa shape index (κ1) is 28.9. The van der Waals surface area contributed by atoms with Crippen molar-refractivity contribution < 1.29 is 23.8 Å². The number of amides is 1. The van der Waals surface area contributed by atoms with Gasteiger partial charge in [0.25, 0.3) is 0 Å². The van der Waals surface area contributed by atoms with Crippen LogP contribution in [0.3, 0.4) is 0 Å². The van der Waals surface area contributed by atoms with Crippen molar-refractivity contribution in [3.63, 3.8) is 0 Å². The van der Waals surface area contributed by atoms with Crippen molar-refractivity contribution >= 4 is 57.2 Å². The third-order valence-corrected chi connectivity index (χ3v) is 7.34. The van der Waals surface area contributed by atoms with Crippen LogP contribution in [0.5, 0.6) is 5.75 Å². The normalized spacial score (nSPS) is 11.3. The number of carbonyl (C=O) groups excluding carboxylic acids is 2. The fourth-order valence-electron chi connectivity index (χ4n) is 3.76. The summed E-state index contributed by atoms with van der Waals surface area (Å²) in [6.45, 7) is 0.662. The monoisotopic (exact) mass is 747 g/mol. The van der Waals surface area contributed by atoms with Crippen LogP contribution in [-0.2, 0) is 40.5 Å². The van der Waals surface area contributed by atoms with Crippen LogP contribution in [0.25, 0.3) is 0 Å². The summed E-state index contributed by atoms with van der Waals surface area (Å²) in [4.78, 5) is 25.7. The highest BCUT2D eigenvalue weighted by molar-refractivity contribution is 14.1. The summed E-state index contributed by atoms with van der Waals surface area (Å²) < 4.78 is 18.8. The Morgan fingerprint density at radius 2 is 1.10 bits per heavy atom. The van der Waals surface area contributed by atoms with Crippen molar-refractivity contribution in [3.05, 3.63) is 133 Å². The Morgan fingerprint density at radius 3 is 1.62 bits per heavy atom. The van der Waals surface area contributed by atoms with Gasteiger partial charge < -0.3 is 19.5 Å². The number of hydrogen-bond donors (Lipinski definition) is 1. The van der Waals surface area contributed by atoms with Crippen LogP contribution in [0, 0.1) is 7.14 Å². The maximum atomic E-state index is 13.1. The molecule has 0 fully saturated rings. The number of benzene rings is 4. The Balaban J connectivity index is 1.44. The van der Waals surface area contributed by atoms with Gasteiger partial charge in [0.1, 0.15) is 31.6 Å². The SMILES string of the molecule is O=C(N[C@@H](Cc1cc(I)c(OCc2ccccc2)c(I)c1)C(=O)OCc1ccccc1)OCc1ccccc1. The van der Waals surface area contributed by atoms with E-state index >= 15 is 0 Å². The summed E-state index contributed by atoms with van der Waals surface area (Å²) in [6, 6.07) is 31.7. The molecular weight excluding hydrogens is 720 g/mol. The Hall–Kier alpha value is -3.12. The Bertz CT molecular complexity index is 1340. The highest BCUT2D eigenvalue weighted by Gasteiger charge is 2.25. The topological polar surface area (TPSA) is 73.9 Å². The van der Waals surface area contributed by atoms with Crippen molar-refractivity contribution in [1.29, 1.82) is 0 Å². The predicted octanol–water partition coefficient (Wildman–Crippen LogP) is 7.06. The minimum absolute atomic E-state index is 0.0989. The van der Waals surface area contributed by atoms with Gasteiger partial charge in [-0.3, -0.25) is 0 Å². The van der Waals surface area contributed by atoms with Crippen LogP contribution in [0.1, 0.15) is 22.3 Å². The molecular formula is C31H27I2NO5. The molecule has 0 unspecified atom stereocenters. The first-order valence-corrected chi connectivity index (χ1v) is 14.5. The average Bonchev–Trinajstić information content (AvgIpc) is 2.95. The molecule has 1 N–H and O–H groups in total. The Kier molecular flexibility index (Phi) is 11.0. The molecule has 0 aliphatic heterocycles. The second-order valence-electron chi connectivity index (χ2n) is 8.72. The van der Waals surface area contributed by atoms with E-state index in [1.165, 1.54) is 0 Å². The zero-order valence-corrected chi connectivity index (χ0v) is 25.3. The molecule has 0 aromatic heterocycles. The molecule has 0 radical (unpaired) electrons. The molecule has 0 saturated carbocycles. The van der Waals surface area contributed by atoms with Crippen molar-refractivity contribution in [1.82, 2.24) is 5.32 Å². The van der Waals surface area contributed by atoms with Crippen molar-refractivity contribution in [2.45, 2.75) is 32.3 Å². The van der Waals surface area contributed by atoms with Crippen molar-refractivity contribution in [2.24, 2.45) is 0 Å². The molecule has 4 rings (SSSR count). The van der Waals surface area contributed by atoms with Gasteiger partial charge in [-0.1, -0.05) is 91.0 Å². The van der Waals surface area contributed by atoms with E-state index in [4.69, 9.17) is 14.2 Å². The highest BCUT2D eigenvalue weighted by atomic mass is 127. The largest absolute Gasteiger partial charge is 0.487 e. The van der Waals surface area contributed by atoms with E-state index in [-0.39, 0.29) is 19.6 Å². The van der Waals surface area contributed by atoms with Crippen LogP contribution in [-0.4, -0.2) is 18.1 Å². The van der Waals surface area contributed by atoms with E-state index in [1.54, 1.807) is 0 Å². The zero-order valence-electron chi connectivity index (χ0n) is 21.0. The fourth-order valence-corrected chi connectivity index (χ4v) is 5.97. The fraction of sp³-hybridized carbons (Fsp3) is 0.161. The van der Waals surface area contributed by atoms with Gasteiger partial charge in [0, 0.05) is 6.42 Å². The quantitative estimate of drug-likeness (QED) is 0.132. The highest BCUT2D eigenvalue weighted by Crippen LogP contribution is 2.30. The molecule has 0 aliphatic rings. The summed E-state index contributed by atoms with van der Waals surface area (Å²) >= 11 is 4.46. The first-order valence-electron chi connectivity index (χ1n) is 12.3. The smallest absolute Gasteiger partial charge is 0.408 e. The maximum absolute atomic E-state index is 13.1. The van der Waals surface area contributed by atoms with Crippen LogP contribution >= 0.6 is 45.2 Å². The Morgan fingerprint density at radius 1 is 0.641 bits per heavy atom. The van der Waals surface area contributed by atoms with E-state index in [0.717, 1.165) is 35.1 Å². The van der Waals surface area contributed by atoms with E-state index in [9.17, 15) is 9.59 Å². The van der Waals surface area contributed by atoms with Gasteiger partial charge in [0.2, 0.25) is 0 Å². The molecule has 0 spiro atoms. The summed E-state index contributed by atoms with van der Waals surface area (Å²) in [5, 5.41) is 2.70. The standard InChI is InChI=1S/C31H27I2NO5/c32-26-16-25(17-27(33)29(26)37-19-22-10-4-1-5-11-22)18-28(30(35)38-20-23-12-6-2-7-13-23)34-31(36)39-21-24-14-8-3-9-15-24/h1-17,28H,18-21H2,(H,34,36)/t28-/m0/s1. The summed E-state index contributed by atoms with van der Waals surface area (Å²) in [5.41, 5.74) is 3.65. The number of alkyl carbamates (subject to hydrolysis) is 1. The number of nitrogens with one attached hydrogen (secondary N) is 1. The summed E-state index contributed by atoms with van der Waals surface area (Å²) in [5.74, 6) is 0.243. The zero-order chi connectivity index (χ0) is 27.5. The molecule has 0 bridgehead atoms. The minimum Gasteiger partial charge on any atom is -0.487 e. The Labute approximate surface area is 255 Å². The van der Waals surface area contributed by atoms with Crippen molar-refractivity contribution in [2.75, 3.05) is 0 Å². The molecule has 6 nitrogen and oxygen atoms in total. The third kappa shape index (κ3) is 9.24. The van der Waals surface area contributed by atoms with Gasteiger partial charge in [-0.2, -0.15) is 0 Å². The van der Waals surface area contributed by atoms with E-state index in [0.29, 0.717) is 6.61 Å². The van der Waals surface area contributed by atoms with Gasteiger partial charge >= 0.3 is 12.1 Å². The minimum atomic E-state index is -0.931. The molecule has 1 atom stereocenters. The predicted molar refractivity (Wildman–Crippen MR) is 166 cm³/mol. The van der Waals surface area contributed by atoms with Gasteiger partial charge in [-0.15, -0.1) is 0 Å². The van der Waals surface area contributed by atoms with Crippen molar-refractivity contribution in [3.8, 4) is 5.75 Å². The average molecular weight is 747 g/mol. The van der Waals surface area contributed by atoms with Crippen LogP contribution in [0.2, 0.25) is 0 Å². The lowest BCUT2D eigenvalue weighted by Gasteiger charge is -2.19. The second-order valence-corrected chi connectivity index (χ2v) is 11.0. The first-order chi connectivity index (χ1) is 19.0. The molecule has 0 aliphatic carbocycles. The third-order valence-electron chi connectivity index (χ3n) is 5.74. The molecule has 0 saturated heterocycles. The maximum Gasteiger partial charge on any atom is 0.408 e. The molecule has 0 heterocycles. The lowest BCUT2D eigenvalue weighted by molar-refractivity contribution is -0.147. The van der Waals surface area contributed by atoms with Gasteiger partial charge in [-0.25, -0.2) is 9.59 Å². The summed E-state index contributed by atoms with van der Waals surface area (Å²) in [6.07, 6.45) is -0.452. The van der Waals surface area contributed by atoms with Gasteiger partial charge in [0.05, 0.1) is 7.14 Å². The number of halogens is 2. The number of carbonyl (C=O) groups is 2. The number of rotatable bonds is 11. The molecule has 200 valence electrons. The number of ether oxygens (including phenoxy) is 3. The van der Waals surface area contributed by atoms with Crippen LogP contribution in [0.15, 0.2) is 103 Å². The van der Waals surface area contributed by atoms with E-state index in [2.05, 4.69) is 50.5 Å². The van der Waals surface area contributed by atoms with Gasteiger partial charge in [0.15, 0.2) is 0 Å². The number of hydrogen-bond acceptors (Lipinski definition) is 5. The molecule has 4 aromatic carbocycles. The van der Waals surface area contributed by atoms with E-state index < -0.39 is 18.1 Å². The lowest BCUT2D eigenvalue weighted by atomic mass is 10.1. The lowest BCUT2D eigenvalue weighted by Crippen LogP contribution is -2.43. The van der Waals surface area contributed by atoms with Crippen LogP contribution in [0.4, 0.5) is 4.79 Å².